The van der Waals surface area contributed by atoms with Crippen LogP contribution in [0.5, 0.6) is 0 Å². The van der Waals surface area contributed by atoms with E-state index in [0.717, 1.165) is 0 Å². The Bertz CT molecular complexity index is 81.0. The molecule has 0 aromatic heterocycles. The summed E-state index contributed by atoms with van der Waals surface area (Å²) in [5.74, 6) is -0.991. The van der Waals surface area contributed by atoms with Crippen molar-refractivity contribution in [1.82, 2.24) is 5.32 Å². The minimum Gasteiger partial charge on any atom is -0.548 e. The van der Waals surface area contributed by atoms with Crippen LogP contribution in [0, 0.1) is 0 Å². The van der Waals surface area contributed by atoms with Gasteiger partial charge < -0.3 is 15.2 Å². The van der Waals surface area contributed by atoms with E-state index >= 15 is 0 Å². The minimum absolute atomic E-state index is 0. The van der Waals surface area contributed by atoms with Gasteiger partial charge in [-0.2, -0.15) is 0 Å². The molecule has 1 atom stereocenters. The van der Waals surface area contributed by atoms with E-state index in [9.17, 15) is 9.90 Å². The van der Waals surface area contributed by atoms with E-state index in [1.807, 2.05) is 0 Å². The van der Waals surface area contributed by atoms with Crippen LogP contribution in [0.2, 0.25) is 0 Å². The maximum Gasteiger partial charge on any atom is 1.00 e. The fraction of sp³-hybridized carbons (Fsp3) is 0.667. The first-order valence-corrected chi connectivity index (χ1v) is 1.75. The van der Waals surface area contributed by atoms with Crippen molar-refractivity contribution in [2.75, 3.05) is 6.54 Å². The fourth-order valence-electron chi connectivity index (χ4n) is 0.226. The molecular formula is C3H4LiNO2. The first kappa shape index (κ1) is 7.03. The summed E-state index contributed by atoms with van der Waals surface area (Å²) in [4.78, 5) is 9.59. The molecule has 0 saturated carbocycles. The number of carbonyl (C=O) groups is 1. The number of hydrogen-bond donors (Lipinski definition) is 1. The van der Waals surface area contributed by atoms with Gasteiger partial charge in [0.05, 0.1) is 12.0 Å². The van der Waals surface area contributed by atoms with Crippen LogP contribution >= 0.6 is 0 Å². The van der Waals surface area contributed by atoms with Crippen LogP contribution in [-0.4, -0.2) is 18.6 Å². The number of carbonyl (C=O) groups excluding carboxylic acids is 1. The molecule has 0 aliphatic carbocycles. The molecule has 1 aliphatic heterocycles. The molecule has 3 nitrogen and oxygen atoms in total. The molecular weight excluding hydrogens is 89.0 g/mol. The van der Waals surface area contributed by atoms with E-state index in [1.54, 1.807) is 0 Å². The normalized spacial score (nSPS) is 25.4. The van der Waals surface area contributed by atoms with Gasteiger partial charge in [0, 0.05) is 6.54 Å². The van der Waals surface area contributed by atoms with Crippen LogP contribution in [0.1, 0.15) is 0 Å². The number of aliphatic carboxylic acids is 1. The summed E-state index contributed by atoms with van der Waals surface area (Å²) in [6, 6.07) is -0.343. The maximum atomic E-state index is 9.59. The smallest absolute Gasteiger partial charge is 0.548 e. The van der Waals surface area contributed by atoms with Crippen molar-refractivity contribution in [3.63, 3.8) is 0 Å². The average Bonchev–Trinajstić information content (AvgIpc) is 2.06. The summed E-state index contributed by atoms with van der Waals surface area (Å²) in [5.41, 5.74) is 0. The van der Waals surface area contributed by atoms with Crippen molar-refractivity contribution in [2.24, 2.45) is 0 Å². The molecule has 0 unspecified atom stereocenters. The van der Waals surface area contributed by atoms with Gasteiger partial charge in [-0.05, 0) is 0 Å². The fourth-order valence-corrected chi connectivity index (χ4v) is 0.226. The van der Waals surface area contributed by atoms with E-state index in [2.05, 4.69) is 5.32 Å². The molecule has 1 rings (SSSR count). The Hall–Kier alpha value is 0.0274. The SMILES string of the molecule is O=C([O-])[C@@H]1CN1.[Li+]. The molecule has 0 aromatic rings. The molecule has 0 radical (unpaired) electrons. The summed E-state index contributed by atoms with van der Waals surface area (Å²) in [5, 5.41) is 12.2. The predicted octanol–water partition coefficient (Wildman–Crippen LogP) is -5.29. The molecule has 0 aromatic carbocycles. The minimum atomic E-state index is -0.991. The Balaban J connectivity index is 0.000000360. The van der Waals surface area contributed by atoms with Gasteiger partial charge in [-0.25, -0.2) is 0 Å². The van der Waals surface area contributed by atoms with Crippen LogP contribution in [0.25, 0.3) is 0 Å². The van der Waals surface area contributed by atoms with Crippen molar-refractivity contribution in [3.05, 3.63) is 0 Å². The van der Waals surface area contributed by atoms with Crippen molar-refractivity contribution in [1.29, 1.82) is 0 Å². The molecule has 1 saturated heterocycles. The summed E-state index contributed by atoms with van der Waals surface area (Å²) in [7, 11) is 0. The summed E-state index contributed by atoms with van der Waals surface area (Å²) < 4.78 is 0. The number of rotatable bonds is 1. The van der Waals surface area contributed by atoms with Crippen LogP contribution in [0.15, 0.2) is 0 Å². The largest absolute Gasteiger partial charge is 1.00 e. The zero-order valence-electron chi connectivity index (χ0n) is 4.10. The summed E-state index contributed by atoms with van der Waals surface area (Å²) >= 11 is 0. The summed E-state index contributed by atoms with van der Waals surface area (Å²) in [6.45, 7) is 0.586. The molecule has 4 heteroatoms. The van der Waals surface area contributed by atoms with E-state index in [0.29, 0.717) is 6.54 Å². The molecule has 34 valence electrons. The summed E-state index contributed by atoms with van der Waals surface area (Å²) in [6.07, 6.45) is 0. The van der Waals surface area contributed by atoms with Gasteiger partial charge in [0.25, 0.3) is 0 Å². The number of carboxylic acid groups (broad SMARTS) is 1. The van der Waals surface area contributed by atoms with Crippen molar-refractivity contribution in [2.45, 2.75) is 6.04 Å². The second-order valence-electron chi connectivity index (χ2n) is 1.28. The molecule has 7 heavy (non-hydrogen) atoms. The molecule has 0 amide bonds. The third-order valence-electron chi connectivity index (χ3n) is 0.693. The van der Waals surface area contributed by atoms with E-state index < -0.39 is 5.97 Å². The van der Waals surface area contributed by atoms with Crippen LogP contribution in [-0.2, 0) is 4.79 Å². The van der Waals surface area contributed by atoms with E-state index in [1.165, 1.54) is 0 Å². The Labute approximate surface area is 53.3 Å². The van der Waals surface area contributed by atoms with Crippen molar-refractivity contribution >= 4 is 5.97 Å². The van der Waals surface area contributed by atoms with Crippen molar-refractivity contribution in [3.8, 4) is 0 Å². The van der Waals surface area contributed by atoms with E-state index in [-0.39, 0.29) is 24.9 Å². The second kappa shape index (κ2) is 2.36. The zero-order chi connectivity index (χ0) is 4.57. The molecule has 0 spiro atoms. The Morgan fingerprint density at radius 3 is 2.29 bits per heavy atom. The van der Waals surface area contributed by atoms with E-state index in [4.69, 9.17) is 0 Å². The molecule has 0 bridgehead atoms. The van der Waals surface area contributed by atoms with Gasteiger partial charge in [-0.1, -0.05) is 0 Å². The average molecular weight is 93.0 g/mol. The molecule has 1 N–H and O–H groups in total. The predicted molar refractivity (Wildman–Crippen MR) is 16.8 cm³/mol. The number of nitrogens with one attached hydrogen (secondary N) is 1. The van der Waals surface area contributed by atoms with Crippen molar-refractivity contribution < 1.29 is 28.8 Å². The zero-order valence-corrected chi connectivity index (χ0v) is 4.10. The number of carboxylic acids is 1. The van der Waals surface area contributed by atoms with Gasteiger partial charge in [-0.15, -0.1) is 0 Å². The van der Waals surface area contributed by atoms with Gasteiger partial charge in [-0.3, -0.25) is 0 Å². The standard InChI is InChI=1S/C3H5NO2.Li/c5-3(6)2-1-4-2;/h2,4H,1H2,(H,5,6);/q;+1/p-1/t2-;/m0./s1. The monoisotopic (exact) mass is 93.0 g/mol. The van der Waals surface area contributed by atoms with Crippen LogP contribution < -0.4 is 29.3 Å². The number of hydrogen-bond acceptors (Lipinski definition) is 3. The quantitative estimate of drug-likeness (QED) is 0.260. The first-order valence-electron chi connectivity index (χ1n) is 1.75. The first-order chi connectivity index (χ1) is 2.80. The second-order valence-corrected chi connectivity index (χ2v) is 1.28. The van der Waals surface area contributed by atoms with Gasteiger partial charge in [0.2, 0.25) is 0 Å². The third-order valence-corrected chi connectivity index (χ3v) is 0.693. The third kappa shape index (κ3) is 1.98. The van der Waals surface area contributed by atoms with Crippen LogP contribution in [0.3, 0.4) is 0 Å². The maximum absolute atomic E-state index is 9.59. The van der Waals surface area contributed by atoms with Gasteiger partial charge >= 0.3 is 18.9 Å². The van der Waals surface area contributed by atoms with Gasteiger partial charge in [0.15, 0.2) is 0 Å². The molecule has 1 heterocycles. The Morgan fingerprint density at radius 2 is 2.29 bits per heavy atom. The molecule has 1 fully saturated rings. The van der Waals surface area contributed by atoms with Gasteiger partial charge in [0.1, 0.15) is 0 Å². The Kier molecular flexibility index (Phi) is 2.37. The molecule has 1 aliphatic rings. The Morgan fingerprint density at radius 1 is 1.86 bits per heavy atom. The topological polar surface area (TPSA) is 62.1 Å². The van der Waals surface area contributed by atoms with Crippen LogP contribution in [0.4, 0.5) is 0 Å².